The van der Waals surface area contributed by atoms with E-state index in [0.717, 1.165) is 67.5 Å². The van der Waals surface area contributed by atoms with Crippen LogP contribution in [0.1, 0.15) is 23.2 Å². The fourth-order valence-corrected chi connectivity index (χ4v) is 3.78. The van der Waals surface area contributed by atoms with E-state index in [2.05, 4.69) is 15.6 Å². The van der Waals surface area contributed by atoms with Gasteiger partial charge in [0, 0.05) is 25.7 Å². The quantitative estimate of drug-likeness (QED) is 0.857. The average molecular weight is 336 g/mol. The van der Waals surface area contributed by atoms with Gasteiger partial charge in [0.2, 0.25) is 0 Å². The molecule has 0 saturated carbocycles. The fraction of sp³-hybridized carbons (Fsp3) is 0.562. The molecule has 0 aliphatic carbocycles. The number of benzene rings is 1. The maximum atomic E-state index is 12.8. The van der Waals surface area contributed by atoms with Crippen LogP contribution in [0.5, 0.6) is 0 Å². The fourth-order valence-electron chi connectivity index (χ4n) is 3.78. The van der Waals surface area contributed by atoms with Crippen molar-refractivity contribution in [1.82, 2.24) is 25.2 Å². The van der Waals surface area contributed by atoms with Crippen LogP contribution < -0.4 is 5.32 Å². The van der Waals surface area contributed by atoms with Crippen LogP contribution in [-0.2, 0) is 7.05 Å². The summed E-state index contributed by atoms with van der Waals surface area (Å²) >= 11 is 0. The summed E-state index contributed by atoms with van der Waals surface area (Å²) in [5.74, 6) is 1.60. The van der Waals surface area contributed by atoms with Crippen molar-refractivity contribution in [3.05, 3.63) is 23.8 Å². The molecule has 0 unspecified atom stereocenters. The van der Waals surface area contributed by atoms with Crippen molar-refractivity contribution in [3.63, 3.8) is 0 Å². The number of nitrogens with one attached hydrogen (secondary N) is 1. The average Bonchev–Trinajstić information content (AvgIpc) is 3.08. The Kier molecular flexibility index (Phi) is 4.55. The molecule has 2 aromatic rings. The Hall–Kier alpha value is -1.66. The minimum atomic E-state index is 0. The minimum Gasteiger partial charge on any atom is -0.339 e. The first kappa shape index (κ1) is 16.2. The number of aromatic nitrogens is 3. The van der Waals surface area contributed by atoms with Gasteiger partial charge in [0.25, 0.3) is 5.91 Å². The van der Waals surface area contributed by atoms with Gasteiger partial charge in [-0.1, -0.05) is 5.21 Å². The number of amides is 1. The molecule has 2 atom stereocenters. The third-order valence-electron chi connectivity index (χ3n) is 5.16. The van der Waals surface area contributed by atoms with E-state index in [1.807, 2.05) is 30.1 Å². The lowest BCUT2D eigenvalue weighted by atomic mass is 9.92. The molecule has 124 valence electrons. The number of aryl methyl sites for hydroxylation is 1. The van der Waals surface area contributed by atoms with Crippen molar-refractivity contribution in [3.8, 4) is 0 Å². The summed E-state index contributed by atoms with van der Waals surface area (Å²) in [6.07, 6.45) is 2.22. The van der Waals surface area contributed by atoms with Crippen molar-refractivity contribution < 1.29 is 4.79 Å². The van der Waals surface area contributed by atoms with Crippen LogP contribution in [0, 0.1) is 11.8 Å². The lowest BCUT2D eigenvalue weighted by molar-refractivity contribution is 0.0758. The van der Waals surface area contributed by atoms with Gasteiger partial charge < -0.3 is 10.2 Å². The van der Waals surface area contributed by atoms with Gasteiger partial charge >= 0.3 is 0 Å². The van der Waals surface area contributed by atoms with Crippen molar-refractivity contribution in [1.29, 1.82) is 0 Å². The summed E-state index contributed by atoms with van der Waals surface area (Å²) in [5, 5.41) is 11.6. The lowest BCUT2D eigenvalue weighted by Crippen LogP contribution is -2.32. The van der Waals surface area contributed by atoms with Crippen LogP contribution >= 0.6 is 12.4 Å². The van der Waals surface area contributed by atoms with Crippen LogP contribution in [0.15, 0.2) is 18.2 Å². The Morgan fingerprint density at radius 1 is 1.22 bits per heavy atom. The van der Waals surface area contributed by atoms with Gasteiger partial charge in [0.15, 0.2) is 0 Å². The van der Waals surface area contributed by atoms with Gasteiger partial charge in [-0.3, -0.25) is 4.79 Å². The van der Waals surface area contributed by atoms with Crippen LogP contribution in [0.4, 0.5) is 0 Å². The number of carbonyl (C=O) groups is 1. The first-order valence-corrected chi connectivity index (χ1v) is 8.02. The van der Waals surface area contributed by atoms with Gasteiger partial charge in [0.1, 0.15) is 5.52 Å². The maximum absolute atomic E-state index is 12.8. The number of nitrogens with zero attached hydrogens (tertiary/aromatic N) is 4. The maximum Gasteiger partial charge on any atom is 0.253 e. The largest absolute Gasteiger partial charge is 0.339 e. The molecule has 2 saturated heterocycles. The molecule has 0 spiro atoms. The highest BCUT2D eigenvalue weighted by atomic mass is 35.5. The Labute approximate surface area is 141 Å². The van der Waals surface area contributed by atoms with Crippen LogP contribution in [0.25, 0.3) is 11.0 Å². The second-order valence-electron chi connectivity index (χ2n) is 6.46. The zero-order valence-electron chi connectivity index (χ0n) is 13.2. The molecule has 3 heterocycles. The van der Waals surface area contributed by atoms with E-state index >= 15 is 0 Å². The summed E-state index contributed by atoms with van der Waals surface area (Å²) in [5.41, 5.74) is 2.45. The number of fused-ring (bicyclic) bond motifs is 2. The van der Waals surface area contributed by atoms with Crippen molar-refractivity contribution in [2.75, 3.05) is 26.2 Å². The van der Waals surface area contributed by atoms with Gasteiger partial charge in [-0.25, -0.2) is 4.68 Å². The van der Waals surface area contributed by atoms with E-state index in [1.54, 1.807) is 4.68 Å². The number of rotatable bonds is 1. The Balaban J connectivity index is 0.00000156. The predicted octanol–water partition coefficient (Wildman–Crippen LogP) is 1.46. The van der Waals surface area contributed by atoms with E-state index < -0.39 is 0 Å². The number of likely N-dealkylation sites (tertiary alicyclic amines) is 1. The molecule has 1 aromatic heterocycles. The standard InChI is InChI=1S/C16H21N5O.ClH/c1-20-15-3-2-11(8-14(15)18-19-20)16(22)21-6-4-12-9-17-10-13(12)5-7-21;/h2-3,8,12-13,17H,4-7,9-10H2,1H3;1H/t12-,13+;. The van der Waals surface area contributed by atoms with E-state index in [1.165, 1.54) is 0 Å². The second-order valence-corrected chi connectivity index (χ2v) is 6.46. The lowest BCUT2D eigenvalue weighted by Gasteiger charge is -2.21. The predicted molar refractivity (Wildman–Crippen MR) is 90.7 cm³/mol. The molecule has 23 heavy (non-hydrogen) atoms. The summed E-state index contributed by atoms with van der Waals surface area (Å²) in [6.45, 7) is 3.94. The summed E-state index contributed by atoms with van der Waals surface area (Å²) < 4.78 is 1.73. The third kappa shape index (κ3) is 2.93. The van der Waals surface area contributed by atoms with E-state index in [-0.39, 0.29) is 18.3 Å². The number of hydrogen-bond donors (Lipinski definition) is 1. The number of halogens is 1. The highest BCUT2D eigenvalue weighted by Gasteiger charge is 2.31. The molecule has 7 heteroatoms. The molecule has 1 amide bonds. The molecule has 0 radical (unpaired) electrons. The summed E-state index contributed by atoms with van der Waals surface area (Å²) in [4.78, 5) is 14.8. The summed E-state index contributed by atoms with van der Waals surface area (Å²) in [7, 11) is 1.86. The Bertz CT molecular complexity index is 702. The van der Waals surface area contributed by atoms with Crippen molar-refractivity contribution in [2.24, 2.45) is 18.9 Å². The van der Waals surface area contributed by atoms with Gasteiger partial charge in [-0.05, 0) is 56.0 Å². The Morgan fingerprint density at radius 3 is 2.61 bits per heavy atom. The highest BCUT2D eigenvalue weighted by molar-refractivity contribution is 5.97. The van der Waals surface area contributed by atoms with Crippen LogP contribution in [-0.4, -0.2) is 52.0 Å². The van der Waals surface area contributed by atoms with E-state index in [4.69, 9.17) is 0 Å². The highest BCUT2D eigenvalue weighted by Crippen LogP contribution is 2.27. The molecule has 1 aromatic carbocycles. The van der Waals surface area contributed by atoms with Crippen molar-refractivity contribution >= 4 is 29.3 Å². The molecule has 2 aliphatic rings. The molecular weight excluding hydrogens is 314 g/mol. The Morgan fingerprint density at radius 2 is 1.91 bits per heavy atom. The molecule has 4 rings (SSSR count). The zero-order chi connectivity index (χ0) is 15.1. The second kappa shape index (κ2) is 6.45. The monoisotopic (exact) mass is 335 g/mol. The topological polar surface area (TPSA) is 63.1 Å². The molecule has 2 aliphatic heterocycles. The molecule has 2 fully saturated rings. The van der Waals surface area contributed by atoms with E-state index in [0.29, 0.717) is 0 Å². The smallest absolute Gasteiger partial charge is 0.253 e. The summed E-state index contributed by atoms with van der Waals surface area (Å²) in [6, 6.07) is 5.68. The van der Waals surface area contributed by atoms with Gasteiger partial charge in [-0.2, -0.15) is 0 Å². The number of hydrogen-bond acceptors (Lipinski definition) is 4. The first-order chi connectivity index (χ1) is 10.7. The van der Waals surface area contributed by atoms with Crippen LogP contribution in [0.2, 0.25) is 0 Å². The van der Waals surface area contributed by atoms with Gasteiger partial charge in [0.05, 0.1) is 5.52 Å². The first-order valence-electron chi connectivity index (χ1n) is 8.02. The van der Waals surface area contributed by atoms with Gasteiger partial charge in [-0.15, -0.1) is 17.5 Å². The van der Waals surface area contributed by atoms with E-state index in [9.17, 15) is 4.79 Å². The molecule has 0 bridgehead atoms. The van der Waals surface area contributed by atoms with Crippen LogP contribution in [0.3, 0.4) is 0 Å². The SMILES string of the molecule is Cl.Cn1nnc2cc(C(=O)N3CC[C@@H]4CNC[C@@H]4CC3)ccc21. The minimum absolute atomic E-state index is 0. The molecule has 1 N–H and O–H groups in total. The zero-order valence-corrected chi connectivity index (χ0v) is 14.1. The molecular formula is C16H22ClN5O. The normalized spacial score (nSPS) is 24.1. The number of carbonyl (C=O) groups excluding carboxylic acids is 1. The third-order valence-corrected chi connectivity index (χ3v) is 5.16. The van der Waals surface area contributed by atoms with Crippen molar-refractivity contribution in [2.45, 2.75) is 12.8 Å². The molecule has 6 nitrogen and oxygen atoms in total.